The zero-order valence-corrected chi connectivity index (χ0v) is 10.5. The molecule has 3 rings (SSSR count). The van der Waals surface area contributed by atoms with Crippen molar-refractivity contribution >= 4 is 22.4 Å². The maximum absolute atomic E-state index is 10.0. The lowest BCUT2D eigenvalue weighted by molar-refractivity contribution is 0.446. The largest absolute Gasteiger partial charge is 0.493 e. The lowest BCUT2D eigenvalue weighted by atomic mass is 10.2. The van der Waals surface area contributed by atoms with Gasteiger partial charge in [-0.1, -0.05) is 0 Å². The Morgan fingerprint density at radius 2 is 2.06 bits per heavy atom. The standard InChI is InChI=1S/C13H14N4O/c1-8-13(18)17-11-5-4-9(16(2)3)6-10(11)14-7-12(17)15-8/h4-7,18H,1-3H3. The number of imidazole rings is 1. The van der Waals surface area contributed by atoms with Gasteiger partial charge in [-0.25, -0.2) is 4.98 Å². The maximum Gasteiger partial charge on any atom is 0.219 e. The number of aromatic nitrogens is 3. The van der Waals surface area contributed by atoms with Crippen LogP contribution in [-0.4, -0.2) is 33.6 Å². The average Bonchev–Trinajstić information content (AvgIpc) is 2.65. The molecule has 2 heterocycles. The second-order valence-corrected chi connectivity index (χ2v) is 4.54. The third-order valence-corrected chi connectivity index (χ3v) is 3.08. The van der Waals surface area contributed by atoms with Crippen LogP contribution in [0, 0.1) is 6.92 Å². The van der Waals surface area contributed by atoms with Gasteiger partial charge in [-0.15, -0.1) is 0 Å². The summed E-state index contributed by atoms with van der Waals surface area (Å²) >= 11 is 0. The minimum atomic E-state index is 0.176. The van der Waals surface area contributed by atoms with Gasteiger partial charge in [-0.2, -0.15) is 0 Å². The second-order valence-electron chi connectivity index (χ2n) is 4.54. The fourth-order valence-electron chi connectivity index (χ4n) is 2.08. The van der Waals surface area contributed by atoms with Crippen molar-refractivity contribution in [2.24, 2.45) is 0 Å². The van der Waals surface area contributed by atoms with Crippen LogP contribution in [0.2, 0.25) is 0 Å². The first kappa shape index (κ1) is 10.8. The van der Waals surface area contributed by atoms with E-state index >= 15 is 0 Å². The van der Waals surface area contributed by atoms with Gasteiger partial charge in [0.15, 0.2) is 5.65 Å². The van der Waals surface area contributed by atoms with Crippen molar-refractivity contribution < 1.29 is 5.11 Å². The van der Waals surface area contributed by atoms with E-state index in [1.807, 2.05) is 37.2 Å². The zero-order valence-electron chi connectivity index (χ0n) is 10.5. The van der Waals surface area contributed by atoms with Crippen molar-refractivity contribution in [1.29, 1.82) is 0 Å². The summed E-state index contributed by atoms with van der Waals surface area (Å²) in [6, 6.07) is 5.94. The van der Waals surface area contributed by atoms with Crippen molar-refractivity contribution in [2.45, 2.75) is 6.92 Å². The third-order valence-electron chi connectivity index (χ3n) is 3.08. The topological polar surface area (TPSA) is 53.7 Å². The number of hydrogen-bond donors (Lipinski definition) is 1. The Balaban J connectivity index is 2.41. The summed E-state index contributed by atoms with van der Waals surface area (Å²) in [7, 11) is 3.97. The van der Waals surface area contributed by atoms with Crippen LogP contribution in [0.5, 0.6) is 5.88 Å². The number of hydrogen-bond acceptors (Lipinski definition) is 4. The predicted octanol–water partition coefficient (Wildman–Crippen LogP) is 1.96. The Morgan fingerprint density at radius 1 is 1.28 bits per heavy atom. The summed E-state index contributed by atoms with van der Waals surface area (Å²) in [4.78, 5) is 10.7. The molecule has 0 bridgehead atoms. The first-order chi connectivity index (χ1) is 8.58. The van der Waals surface area contributed by atoms with Crippen LogP contribution >= 0.6 is 0 Å². The number of aryl methyl sites for hydroxylation is 1. The molecule has 0 radical (unpaired) electrons. The molecule has 0 fully saturated rings. The molecule has 2 aromatic heterocycles. The molecular formula is C13H14N4O. The van der Waals surface area contributed by atoms with Crippen molar-refractivity contribution in [3.05, 3.63) is 30.1 Å². The smallest absolute Gasteiger partial charge is 0.219 e. The molecule has 0 saturated heterocycles. The number of rotatable bonds is 1. The summed E-state index contributed by atoms with van der Waals surface area (Å²) in [5.41, 5.74) is 4.04. The molecule has 0 amide bonds. The molecule has 0 aliphatic rings. The molecule has 18 heavy (non-hydrogen) atoms. The van der Waals surface area contributed by atoms with E-state index in [9.17, 15) is 5.11 Å². The molecule has 0 aliphatic carbocycles. The van der Waals surface area contributed by atoms with Gasteiger partial charge >= 0.3 is 0 Å². The van der Waals surface area contributed by atoms with Crippen LogP contribution in [0.25, 0.3) is 16.7 Å². The van der Waals surface area contributed by atoms with E-state index in [1.165, 1.54) is 0 Å². The second kappa shape index (κ2) is 3.60. The first-order valence-corrected chi connectivity index (χ1v) is 5.72. The van der Waals surface area contributed by atoms with Crippen molar-refractivity contribution in [3.8, 4) is 5.88 Å². The Kier molecular flexibility index (Phi) is 2.16. The average molecular weight is 242 g/mol. The fourth-order valence-corrected chi connectivity index (χ4v) is 2.08. The van der Waals surface area contributed by atoms with E-state index in [2.05, 4.69) is 9.97 Å². The van der Waals surface area contributed by atoms with Crippen LogP contribution in [-0.2, 0) is 0 Å². The first-order valence-electron chi connectivity index (χ1n) is 5.72. The summed E-state index contributed by atoms with van der Waals surface area (Å²) < 4.78 is 1.72. The summed E-state index contributed by atoms with van der Waals surface area (Å²) in [6.45, 7) is 1.78. The van der Waals surface area contributed by atoms with Gasteiger partial charge < -0.3 is 10.0 Å². The van der Waals surface area contributed by atoms with Crippen molar-refractivity contribution in [2.75, 3.05) is 19.0 Å². The molecule has 5 nitrogen and oxygen atoms in total. The molecular weight excluding hydrogens is 228 g/mol. The van der Waals surface area contributed by atoms with E-state index in [4.69, 9.17) is 0 Å². The van der Waals surface area contributed by atoms with Gasteiger partial charge in [0, 0.05) is 19.8 Å². The summed E-state index contributed by atoms with van der Waals surface area (Å²) in [6.07, 6.45) is 1.68. The van der Waals surface area contributed by atoms with E-state index in [-0.39, 0.29) is 5.88 Å². The van der Waals surface area contributed by atoms with Gasteiger partial charge in [-0.05, 0) is 25.1 Å². The fraction of sp³-hybridized carbons (Fsp3) is 0.231. The molecule has 92 valence electrons. The maximum atomic E-state index is 10.0. The highest BCUT2D eigenvalue weighted by Crippen LogP contribution is 2.25. The van der Waals surface area contributed by atoms with E-state index in [1.54, 1.807) is 17.5 Å². The van der Waals surface area contributed by atoms with E-state index in [0.717, 1.165) is 16.7 Å². The van der Waals surface area contributed by atoms with E-state index in [0.29, 0.717) is 11.3 Å². The third kappa shape index (κ3) is 1.40. The molecule has 5 heteroatoms. The molecule has 0 aliphatic heterocycles. The molecule has 3 aromatic rings. The normalized spacial score (nSPS) is 11.3. The number of aromatic hydroxyl groups is 1. The minimum Gasteiger partial charge on any atom is -0.493 e. The van der Waals surface area contributed by atoms with Crippen LogP contribution in [0.1, 0.15) is 5.69 Å². The van der Waals surface area contributed by atoms with Crippen LogP contribution in [0.15, 0.2) is 24.4 Å². The summed E-state index contributed by atoms with van der Waals surface area (Å²) in [5, 5.41) is 10.0. The van der Waals surface area contributed by atoms with Crippen molar-refractivity contribution in [3.63, 3.8) is 0 Å². The number of benzene rings is 1. The van der Waals surface area contributed by atoms with Crippen LogP contribution in [0.4, 0.5) is 5.69 Å². The van der Waals surface area contributed by atoms with Gasteiger partial charge in [0.2, 0.25) is 5.88 Å². The Labute approximate surface area is 104 Å². The van der Waals surface area contributed by atoms with Crippen molar-refractivity contribution in [1.82, 2.24) is 14.4 Å². The number of fused-ring (bicyclic) bond motifs is 3. The highest BCUT2D eigenvalue weighted by atomic mass is 16.3. The number of anilines is 1. The van der Waals surface area contributed by atoms with Crippen LogP contribution < -0.4 is 4.90 Å². The molecule has 0 spiro atoms. The Morgan fingerprint density at radius 3 is 2.78 bits per heavy atom. The minimum absolute atomic E-state index is 0.176. The Hall–Kier alpha value is -2.30. The lowest BCUT2D eigenvalue weighted by Crippen LogP contribution is -2.08. The van der Waals surface area contributed by atoms with Gasteiger partial charge in [-0.3, -0.25) is 9.38 Å². The monoisotopic (exact) mass is 242 g/mol. The lowest BCUT2D eigenvalue weighted by Gasteiger charge is -2.13. The molecule has 1 N–H and O–H groups in total. The van der Waals surface area contributed by atoms with Gasteiger partial charge in [0.1, 0.15) is 5.69 Å². The highest BCUT2D eigenvalue weighted by Gasteiger charge is 2.11. The van der Waals surface area contributed by atoms with E-state index < -0.39 is 0 Å². The number of nitrogens with zero attached hydrogens (tertiary/aromatic N) is 4. The molecule has 1 aromatic carbocycles. The molecule has 0 atom stereocenters. The molecule has 0 saturated carbocycles. The Bertz CT molecular complexity index is 745. The predicted molar refractivity (Wildman–Crippen MR) is 71.2 cm³/mol. The quantitative estimate of drug-likeness (QED) is 0.708. The molecule has 0 unspecified atom stereocenters. The van der Waals surface area contributed by atoms with Gasteiger partial charge in [0.05, 0.1) is 17.2 Å². The highest BCUT2D eigenvalue weighted by molar-refractivity contribution is 5.82. The SMILES string of the molecule is Cc1nc2cnc3cc(N(C)C)ccc3n2c1O. The zero-order chi connectivity index (χ0) is 12.9. The summed E-state index contributed by atoms with van der Waals surface area (Å²) in [5.74, 6) is 0.176. The van der Waals surface area contributed by atoms with Crippen LogP contribution in [0.3, 0.4) is 0 Å². The van der Waals surface area contributed by atoms with Gasteiger partial charge in [0.25, 0.3) is 0 Å².